The maximum absolute atomic E-state index is 11.9. The maximum atomic E-state index is 11.9. The van der Waals surface area contributed by atoms with Crippen molar-refractivity contribution < 1.29 is 9.21 Å². The summed E-state index contributed by atoms with van der Waals surface area (Å²) in [6, 6.07) is 8.58. The number of thiazole rings is 1. The molecule has 1 N–H and O–H groups in total. The van der Waals surface area contributed by atoms with Crippen LogP contribution in [0.15, 0.2) is 47.2 Å². The van der Waals surface area contributed by atoms with Crippen molar-refractivity contribution in [3.05, 3.63) is 69.0 Å². The number of aromatic nitrogens is 1. The van der Waals surface area contributed by atoms with Crippen LogP contribution in [0.1, 0.15) is 21.0 Å². The summed E-state index contributed by atoms with van der Waals surface area (Å²) in [6.45, 7) is 0. The van der Waals surface area contributed by atoms with E-state index in [9.17, 15) is 4.79 Å². The second kappa shape index (κ2) is 6.52. The molecule has 22 heavy (non-hydrogen) atoms. The summed E-state index contributed by atoms with van der Waals surface area (Å²) in [6.07, 6.45) is 3.76. The fourth-order valence-corrected chi connectivity index (χ4v) is 3.09. The molecule has 0 saturated heterocycles. The van der Waals surface area contributed by atoms with E-state index >= 15 is 0 Å². The first kappa shape index (κ1) is 15.1. The van der Waals surface area contributed by atoms with Crippen molar-refractivity contribution >= 4 is 45.6 Å². The zero-order valence-corrected chi connectivity index (χ0v) is 13.5. The van der Waals surface area contributed by atoms with E-state index in [2.05, 4.69) is 10.3 Å². The van der Waals surface area contributed by atoms with Gasteiger partial charge in [0.25, 0.3) is 5.91 Å². The Morgan fingerprint density at radius 1 is 1.32 bits per heavy atom. The molecule has 4 nitrogen and oxygen atoms in total. The van der Waals surface area contributed by atoms with Crippen LogP contribution in [-0.2, 0) is 6.42 Å². The molecule has 1 aromatic carbocycles. The maximum Gasteiger partial charge on any atom is 0.293 e. The van der Waals surface area contributed by atoms with Crippen molar-refractivity contribution in [3.8, 4) is 0 Å². The monoisotopic (exact) mass is 352 g/mol. The van der Waals surface area contributed by atoms with Crippen molar-refractivity contribution in [2.45, 2.75) is 6.42 Å². The predicted molar refractivity (Wildman–Crippen MR) is 88.0 cm³/mol. The van der Waals surface area contributed by atoms with Crippen molar-refractivity contribution in [2.24, 2.45) is 0 Å². The standard InChI is InChI=1S/C15H10Cl2N2O2S/c16-10-3-4-12(17)9(6-10)7-11-8-18-15(22-11)19-14(20)13-2-1-5-21-13/h1-6,8H,7H2,(H,18,19,20). The van der Waals surface area contributed by atoms with Gasteiger partial charge in [-0.2, -0.15) is 0 Å². The molecule has 0 spiro atoms. The molecular weight excluding hydrogens is 343 g/mol. The predicted octanol–water partition coefficient (Wildman–Crippen LogP) is 4.89. The van der Waals surface area contributed by atoms with Crippen LogP contribution in [0.3, 0.4) is 0 Å². The highest BCUT2D eigenvalue weighted by Gasteiger charge is 2.12. The van der Waals surface area contributed by atoms with Crippen molar-refractivity contribution in [1.82, 2.24) is 4.98 Å². The molecule has 0 atom stereocenters. The highest BCUT2D eigenvalue weighted by Crippen LogP contribution is 2.27. The van der Waals surface area contributed by atoms with Crippen LogP contribution in [0.5, 0.6) is 0 Å². The Kier molecular flexibility index (Phi) is 4.47. The van der Waals surface area contributed by atoms with Gasteiger partial charge in [-0.25, -0.2) is 4.98 Å². The summed E-state index contributed by atoms with van der Waals surface area (Å²) in [5.74, 6) is -0.0821. The molecule has 2 heterocycles. The Morgan fingerprint density at radius 3 is 2.95 bits per heavy atom. The molecule has 0 aliphatic rings. The lowest BCUT2D eigenvalue weighted by Gasteiger charge is -2.02. The number of furan rings is 1. The van der Waals surface area contributed by atoms with Crippen molar-refractivity contribution in [2.75, 3.05) is 5.32 Å². The highest BCUT2D eigenvalue weighted by atomic mass is 35.5. The van der Waals surface area contributed by atoms with Crippen molar-refractivity contribution in [1.29, 1.82) is 0 Å². The Bertz CT molecular complexity index is 800. The number of nitrogens with one attached hydrogen (secondary N) is 1. The highest BCUT2D eigenvalue weighted by molar-refractivity contribution is 7.15. The third kappa shape index (κ3) is 3.50. The Hall–Kier alpha value is -1.82. The quantitative estimate of drug-likeness (QED) is 0.727. The van der Waals surface area contributed by atoms with E-state index in [1.807, 2.05) is 6.07 Å². The van der Waals surface area contributed by atoms with Gasteiger partial charge in [-0.15, -0.1) is 11.3 Å². The van der Waals surface area contributed by atoms with Crippen LogP contribution in [0.2, 0.25) is 10.0 Å². The van der Waals surface area contributed by atoms with Crippen molar-refractivity contribution in [3.63, 3.8) is 0 Å². The largest absolute Gasteiger partial charge is 0.459 e. The van der Waals surface area contributed by atoms with Crippen LogP contribution in [0.4, 0.5) is 5.13 Å². The molecule has 0 aliphatic heterocycles. The first-order chi connectivity index (χ1) is 10.6. The van der Waals surface area contributed by atoms with E-state index < -0.39 is 0 Å². The summed E-state index contributed by atoms with van der Waals surface area (Å²) < 4.78 is 5.03. The first-order valence-electron chi connectivity index (χ1n) is 6.35. The Morgan fingerprint density at radius 2 is 2.18 bits per heavy atom. The minimum absolute atomic E-state index is 0.245. The summed E-state index contributed by atoms with van der Waals surface area (Å²) in [5, 5.41) is 4.49. The lowest BCUT2D eigenvalue weighted by molar-refractivity contribution is 0.0996. The normalized spacial score (nSPS) is 10.6. The fourth-order valence-electron chi connectivity index (χ4n) is 1.88. The molecule has 112 valence electrons. The Labute approximate surface area is 140 Å². The van der Waals surface area contributed by atoms with Gasteiger partial charge in [0, 0.05) is 27.5 Å². The number of amides is 1. The van der Waals surface area contributed by atoms with Gasteiger partial charge in [-0.1, -0.05) is 23.2 Å². The fraction of sp³-hybridized carbons (Fsp3) is 0.0667. The second-order valence-electron chi connectivity index (χ2n) is 4.48. The van der Waals surface area contributed by atoms with E-state index in [0.717, 1.165) is 10.4 Å². The number of nitrogens with zero attached hydrogens (tertiary/aromatic N) is 1. The third-order valence-corrected chi connectivity index (χ3v) is 4.41. The molecule has 0 radical (unpaired) electrons. The lowest BCUT2D eigenvalue weighted by Crippen LogP contribution is -2.10. The summed E-state index contributed by atoms with van der Waals surface area (Å²) in [7, 11) is 0. The van der Waals surface area contributed by atoms with Gasteiger partial charge in [0.15, 0.2) is 10.9 Å². The first-order valence-corrected chi connectivity index (χ1v) is 7.92. The van der Waals surface area contributed by atoms with Crippen LogP contribution >= 0.6 is 34.5 Å². The van der Waals surface area contributed by atoms with Crippen LogP contribution in [0.25, 0.3) is 0 Å². The third-order valence-electron chi connectivity index (χ3n) is 2.89. The molecule has 2 aromatic heterocycles. The van der Waals surface area contributed by atoms with Gasteiger partial charge in [0.2, 0.25) is 0 Å². The topological polar surface area (TPSA) is 55.1 Å². The summed E-state index contributed by atoms with van der Waals surface area (Å²) in [5.41, 5.74) is 0.918. The average Bonchev–Trinajstić information content (AvgIpc) is 3.14. The minimum Gasteiger partial charge on any atom is -0.459 e. The zero-order valence-electron chi connectivity index (χ0n) is 11.2. The molecule has 0 fully saturated rings. The minimum atomic E-state index is -0.327. The molecule has 3 rings (SSSR count). The SMILES string of the molecule is O=C(Nc1ncc(Cc2cc(Cl)ccc2Cl)s1)c1ccco1. The molecule has 3 aromatic rings. The zero-order chi connectivity index (χ0) is 15.5. The summed E-state index contributed by atoms with van der Waals surface area (Å²) >= 11 is 13.5. The Balaban J connectivity index is 1.71. The van der Waals surface area contributed by atoms with E-state index in [0.29, 0.717) is 21.6 Å². The molecular formula is C15H10Cl2N2O2S. The summed E-state index contributed by atoms with van der Waals surface area (Å²) in [4.78, 5) is 17.0. The number of benzene rings is 1. The number of halogens is 2. The molecule has 7 heteroatoms. The van der Waals surface area contributed by atoms with Gasteiger partial charge in [0.05, 0.1) is 6.26 Å². The molecule has 0 aliphatic carbocycles. The number of rotatable bonds is 4. The van der Waals surface area contributed by atoms with Gasteiger partial charge in [-0.3, -0.25) is 10.1 Å². The van der Waals surface area contributed by atoms with Gasteiger partial charge < -0.3 is 4.42 Å². The number of hydrogen-bond acceptors (Lipinski definition) is 4. The molecule has 0 bridgehead atoms. The number of anilines is 1. The average molecular weight is 353 g/mol. The number of carbonyl (C=O) groups excluding carboxylic acids is 1. The van der Waals surface area contributed by atoms with Crippen LogP contribution < -0.4 is 5.32 Å². The second-order valence-corrected chi connectivity index (χ2v) is 6.43. The van der Waals surface area contributed by atoms with E-state index in [1.165, 1.54) is 17.6 Å². The van der Waals surface area contributed by atoms with Gasteiger partial charge in [0.1, 0.15) is 0 Å². The smallest absolute Gasteiger partial charge is 0.293 e. The van der Waals surface area contributed by atoms with Gasteiger partial charge in [-0.05, 0) is 35.9 Å². The lowest BCUT2D eigenvalue weighted by atomic mass is 10.1. The van der Waals surface area contributed by atoms with Gasteiger partial charge >= 0.3 is 0 Å². The number of hydrogen-bond donors (Lipinski definition) is 1. The van der Waals surface area contributed by atoms with E-state index in [-0.39, 0.29) is 11.7 Å². The molecule has 1 amide bonds. The van der Waals surface area contributed by atoms with E-state index in [1.54, 1.807) is 30.5 Å². The van der Waals surface area contributed by atoms with Crippen LogP contribution in [-0.4, -0.2) is 10.9 Å². The van der Waals surface area contributed by atoms with E-state index in [4.69, 9.17) is 27.6 Å². The van der Waals surface area contributed by atoms with Crippen LogP contribution in [0, 0.1) is 0 Å². The molecule has 0 saturated carbocycles. The molecule has 0 unspecified atom stereocenters. The number of carbonyl (C=O) groups is 1.